The minimum atomic E-state index is -0.368. The van der Waals surface area contributed by atoms with E-state index < -0.39 is 0 Å². The molecule has 2 heterocycles. The number of piperidine rings is 1. The Morgan fingerprint density at radius 3 is 2.80 bits per heavy atom. The van der Waals surface area contributed by atoms with E-state index in [2.05, 4.69) is 36.6 Å². The van der Waals surface area contributed by atoms with E-state index in [-0.39, 0.29) is 17.9 Å². The standard InChI is InChI=1S/C20H29N3O2/c1-5-25-15(4)20(24)22-12-8-9-16(13-22)19-21-17-10-6-7-11-18(17)23(19)14(2)3/h6-7,10-11,14-16H,5,8-9,12-13H2,1-4H3/t15-,16-/m1/s1. The lowest BCUT2D eigenvalue weighted by molar-refractivity contribution is -0.143. The van der Waals surface area contributed by atoms with Crippen LogP contribution in [0.4, 0.5) is 0 Å². The Bertz CT molecular complexity index is 738. The maximum atomic E-state index is 12.6. The Morgan fingerprint density at radius 2 is 2.08 bits per heavy atom. The second-order valence-electron chi connectivity index (χ2n) is 7.14. The molecule has 2 aromatic rings. The molecule has 1 aromatic carbocycles. The van der Waals surface area contributed by atoms with Gasteiger partial charge in [0, 0.05) is 31.7 Å². The fourth-order valence-corrected chi connectivity index (χ4v) is 3.86. The van der Waals surface area contributed by atoms with Gasteiger partial charge in [-0.1, -0.05) is 12.1 Å². The van der Waals surface area contributed by atoms with Crippen molar-refractivity contribution in [2.45, 2.75) is 58.6 Å². The molecule has 1 saturated heterocycles. The van der Waals surface area contributed by atoms with Gasteiger partial charge >= 0.3 is 0 Å². The first kappa shape index (κ1) is 17.9. The van der Waals surface area contributed by atoms with E-state index in [1.165, 1.54) is 5.52 Å². The van der Waals surface area contributed by atoms with Crippen LogP contribution in [0.25, 0.3) is 11.0 Å². The van der Waals surface area contributed by atoms with Gasteiger partial charge < -0.3 is 14.2 Å². The molecule has 0 bridgehead atoms. The van der Waals surface area contributed by atoms with Crippen molar-refractivity contribution in [1.29, 1.82) is 0 Å². The van der Waals surface area contributed by atoms with Crippen molar-refractivity contribution in [3.8, 4) is 0 Å². The van der Waals surface area contributed by atoms with E-state index in [9.17, 15) is 4.79 Å². The summed E-state index contributed by atoms with van der Waals surface area (Å²) in [6, 6.07) is 8.64. The molecule has 25 heavy (non-hydrogen) atoms. The molecule has 5 heteroatoms. The number of amides is 1. The van der Waals surface area contributed by atoms with Gasteiger partial charge in [0.05, 0.1) is 11.0 Å². The molecule has 1 fully saturated rings. The largest absolute Gasteiger partial charge is 0.369 e. The average Bonchev–Trinajstić information content (AvgIpc) is 3.01. The second kappa shape index (κ2) is 7.56. The van der Waals surface area contributed by atoms with Crippen LogP contribution >= 0.6 is 0 Å². The van der Waals surface area contributed by atoms with Crippen molar-refractivity contribution in [2.24, 2.45) is 0 Å². The molecule has 1 amide bonds. The summed E-state index contributed by atoms with van der Waals surface area (Å²) in [5.41, 5.74) is 2.22. The number of likely N-dealkylation sites (tertiary alicyclic amines) is 1. The molecule has 1 aliphatic rings. The highest BCUT2D eigenvalue weighted by molar-refractivity contribution is 5.81. The third kappa shape index (κ3) is 3.56. The van der Waals surface area contributed by atoms with Crippen molar-refractivity contribution in [3.05, 3.63) is 30.1 Å². The van der Waals surface area contributed by atoms with Crippen molar-refractivity contribution in [1.82, 2.24) is 14.5 Å². The molecule has 0 unspecified atom stereocenters. The van der Waals surface area contributed by atoms with Gasteiger partial charge in [0.15, 0.2) is 0 Å². The number of para-hydroxylation sites is 2. The van der Waals surface area contributed by atoms with E-state index in [1.54, 1.807) is 0 Å². The maximum Gasteiger partial charge on any atom is 0.251 e. The fourth-order valence-electron chi connectivity index (χ4n) is 3.86. The topological polar surface area (TPSA) is 47.4 Å². The molecule has 1 aliphatic heterocycles. The first-order chi connectivity index (χ1) is 12.0. The number of hydrogen-bond donors (Lipinski definition) is 0. The Hall–Kier alpha value is -1.88. The number of ether oxygens (including phenoxy) is 1. The molecule has 3 rings (SSSR count). The summed E-state index contributed by atoms with van der Waals surface area (Å²) in [7, 11) is 0. The number of fused-ring (bicyclic) bond motifs is 1. The van der Waals surface area contributed by atoms with Crippen molar-refractivity contribution in [2.75, 3.05) is 19.7 Å². The summed E-state index contributed by atoms with van der Waals surface area (Å²) >= 11 is 0. The molecule has 0 saturated carbocycles. The maximum absolute atomic E-state index is 12.6. The average molecular weight is 343 g/mol. The monoisotopic (exact) mass is 343 g/mol. The normalized spacial score (nSPS) is 19.6. The summed E-state index contributed by atoms with van der Waals surface area (Å²) in [5.74, 6) is 1.48. The highest BCUT2D eigenvalue weighted by Crippen LogP contribution is 2.31. The van der Waals surface area contributed by atoms with Crippen LogP contribution in [0.2, 0.25) is 0 Å². The molecular weight excluding hydrogens is 314 g/mol. The first-order valence-corrected chi connectivity index (χ1v) is 9.40. The lowest BCUT2D eigenvalue weighted by atomic mass is 9.96. The van der Waals surface area contributed by atoms with Crippen LogP contribution in [0.1, 0.15) is 58.3 Å². The van der Waals surface area contributed by atoms with Gasteiger partial charge in [-0.25, -0.2) is 4.98 Å². The quantitative estimate of drug-likeness (QED) is 0.831. The highest BCUT2D eigenvalue weighted by Gasteiger charge is 2.31. The Morgan fingerprint density at radius 1 is 1.32 bits per heavy atom. The Labute approximate surface area is 150 Å². The number of nitrogens with zero attached hydrogens (tertiary/aromatic N) is 3. The van der Waals surface area contributed by atoms with Crippen molar-refractivity contribution < 1.29 is 9.53 Å². The summed E-state index contributed by atoms with van der Waals surface area (Å²) in [5, 5.41) is 0. The number of carbonyl (C=O) groups excluding carboxylic acids is 1. The van der Waals surface area contributed by atoms with Gasteiger partial charge in [-0.15, -0.1) is 0 Å². The van der Waals surface area contributed by atoms with Crippen molar-refractivity contribution in [3.63, 3.8) is 0 Å². The molecule has 5 nitrogen and oxygen atoms in total. The summed E-state index contributed by atoms with van der Waals surface area (Å²) < 4.78 is 7.83. The lowest BCUT2D eigenvalue weighted by Gasteiger charge is -2.34. The smallest absolute Gasteiger partial charge is 0.251 e. The Balaban J connectivity index is 1.88. The predicted molar refractivity (Wildman–Crippen MR) is 99.8 cm³/mol. The van der Waals surface area contributed by atoms with E-state index in [1.807, 2.05) is 24.8 Å². The zero-order chi connectivity index (χ0) is 18.0. The van der Waals surface area contributed by atoms with Gasteiger partial charge in [0.2, 0.25) is 0 Å². The molecule has 2 atom stereocenters. The third-order valence-corrected chi connectivity index (χ3v) is 5.00. The van der Waals surface area contributed by atoms with Crippen LogP contribution in [0, 0.1) is 0 Å². The van der Waals surface area contributed by atoms with E-state index in [0.29, 0.717) is 12.6 Å². The fraction of sp³-hybridized carbons (Fsp3) is 0.600. The molecule has 0 spiro atoms. The van der Waals surface area contributed by atoms with Crippen LogP contribution in [0.5, 0.6) is 0 Å². The van der Waals surface area contributed by atoms with Crippen LogP contribution < -0.4 is 0 Å². The first-order valence-electron chi connectivity index (χ1n) is 9.40. The van der Waals surface area contributed by atoms with Gasteiger partial charge in [-0.05, 0) is 52.7 Å². The SMILES string of the molecule is CCO[C@H](C)C(=O)N1CCC[C@@H](c2nc3ccccc3n2C(C)C)C1. The van der Waals surface area contributed by atoms with Gasteiger partial charge in [0.1, 0.15) is 11.9 Å². The summed E-state index contributed by atoms with van der Waals surface area (Å²) in [6.07, 6.45) is 1.71. The number of carbonyl (C=O) groups is 1. The number of imidazole rings is 1. The van der Waals surface area contributed by atoms with Gasteiger partial charge in [-0.2, -0.15) is 0 Å². The zero-order valence-electron chi connectivity index (χ0n) is 15.7. The lowest BCUT2D eigenvalue weighted by Crippen LogP contribution is -2.44. The molecule has 0 N–H and O–H groups in total. The van der Waals surface area contributed by atoms with Gasteiger partial charge in [-0.3, -0.25) is 4.79 Å². The third-order valence-electron chi connectivity index (χ3n) is 5.00. The van der Waals surface area contributed by atoms with Crippen LogP contribution in [0.3, 0.4) is 0 Å². The molecule has 136 valence electrons. The second-order valence-corrected chi connectivity index (χ2v) is 7.14. The number of benzene rings is 1. The molecule has 0 radical (unpaired) electrons. The summed E-state index contributed by atoms with van der Waals surface area (Å²) in [4.78, 5) is 19.5. The van der Waals surface area contributed by atoms with Crippen molar-refractivity contribution >= 4 is 16.9 Å². The van der Waals surface area contributed by atoms with Crippen LogP contribution in [-0.4, -0.2) is 46.2 Å². The van der Waals surface area contributed by atoms with Gasteiger partial charge in [0.25, 0.3) is 5.91 Å². The molecule has 0 aliphatic carbocycles. The summed E-state index contributed by atoms with van der Waals surface area (Å²) in [6.45, 7) is 10.3. The highest BCUT2D eigenvalue weighted by atomic mass is 16.5. The molecular formula is C20H29N3O2. The number of aromatic nitrogens is 2. The minimum absolute atomic E-state index is 0.0961. The van der Waals surface area contributed by atoms with E-state index in [4.69, 9.17) is 9.72 Å². The van der Waals surface area contributed by atoms with E-state index in [0.717, 1.165) is 37.3 Å². The predicted octanol–water partition coefficient (Wildman–Crippen LogP) is 3.75. The van der Waals surface area contributed by atoms with Crippen LogP contribution in [0.15, 0.2) is 24.3 Å². The van der Waals surface area contributed by atoms with Crippen LogP contribution in [-0.2, 0) is 9.53 Å². The Kier molecular flexibility index (Phi) is 5.42. The minimum Gasteiger partial charge on any atom is -0.369 e. The zero-order valence-corrected chi connectivity index (χ0v) is 15.7. The van der Waals surface area contributed by atoms with E-state index >= 15 is 0 Å². The number of rotatable bonds is 5. The molecule has 1 aromatic heterocycles. The number of hydrogen-bond acceptors (Lipinski definition) is 3.